The topological polar surface area (TPSA) is 15.3 Å². The highest BCUT2D eigenvalue weighted by atomic mass is 35.5. The average Bonchev–Trinajstić information content (AvgIpc) is 2.38. The first-order chi connectivity index (χ1) is 7.88. The van der Waals surface area contributed by atoms with Gasteiger partial charge in [-0.15, -0.1) is 12.4 Å². The number of piperidine rings is 1. The van der Waals surface area contributed by atoms with Gasteiger partial charge in [-0.25, -0.2) is 0 Å². The van der Waals surface area contributed by atoms with Gasteiger partial charge in [0.1, 0.15) is 0 Å². The lowest BCUT2D eigenvalue weighted by molar-refractivity contribution is 0.240. The molecule has 0 aromatic rings. The van der Waals surface area contributed by atoms with Gasteiger partial charge in [0.2, 0.25) is 0 Å². The number of nitrogens with one attached hydrogen (secondary N) is 1. The van der Waals surface area contributed by atoms with E-state index in [1.54, 1.807) is 0 Å². The van der Waals surface area contributed by atoms with Crippen molar-refractivity contribution in [2.45, 2.75) is 37.9 Å². The molecule has 102 valence electrons. The summed E-state index contributed by atoms with van der Waals surface area (Å²) in [5, 5.41) is 4.36. The van der Waals surface area contributed by atoms with E-state index in [0.29, 0.717) is 0 Å². The van der Waals surface area contributed by atoms with Crippen LogP contribution < -0.4 is 5.32 Å². The van der Waals surface area contributed by atoms with Crippen LogP contribution in [0.3, 0.4) is 0 Å². The minimum atomic E-state index is 0. The third-order valence-corrected chi connectivity index (χ3v) is 5.36. The second-order valence-corrected chi connectivity index (χ2v) is 6.59. The molecule has 0 saturated carbocycles. The Kier molecular flexibility index (Phi) is 7.92. The molecular formula is C13H27ClN2S. The Bertz CT molecular complexity index is 198. The quantitative estimate of drug-likeness (QED) is 0.851. The smallest absolute Gasteiger partial charge is 0.0172 e. The fourth-order valence-electron chi connectivity index (χ4n) is 2.77. The molecule has 2 saturated heterocycles. The first kappa shape index (κ1) is 15.6. The molecule has 2 aliphatic rings. The molecule has 4 heteroatoms. The summed E-state index contributed by atoms with van der Waals surface area (Å²) in [5.41, 5.74) is 0. The summed E-state index contributed by atoms with van der Waals surface area (Å²) < 4.78 is 0. The molecule has 0 aliphatic carbocycles. The van der Waals surface area contributed by atoms with Gasteiger partial charge in [-0.3, -0.25) is 0 Å². The molecule has 0 radical (unpaired) electrons. The molecule has 1 N–H and O–H groups in total. The number of halogens is 1. The molecular weight excluding hydrogens is 252 g/mol. The molecule has 2 nitrogen and oxygen atoms in total. The van der Waals surface area contributed by atoms with E-state index in [9.17, 15) is 0 Å². The standard InChI is InChI=1S/C13H26N2S.ClH/c1-2-13-11-15(9-10-16-13)8-5-12-3-6-14-7-4-12;/h12-14H,2-11H2,1H3;1H. The monoisotopic (exact) mass is 278 g/mol. The summed E-state index contributed by atoms with van der Waals surface area (Å²) in [6.07, 6.45) is 5.58. The molecule has 1 unspecified atom stereocenters. The summed E-state index contributed by atoms with van der Waals surface area (Å²) in [4.78, 5) is 2.70. The first-order valence-electron chi connectivity index (χ1n) is 6.93. The zero-order valence-electron chi connectivity index (χ0n) is 11.0. The molecule has 2 fully saturated rings. The number of rotatable bonds is 4. The highest BCUT2D eigenvalue weighted by Crippen LogP contribution is 2.23. The molecule has 0 amide bonds. The Balaban J connectivity index is 0.00000144. The van der Waals surface area contributed by atoms with Gasteiger partial charge in [-0.05, 0) is 51.2 Å². The Morgan fingerprint density at radius 3 is 2.76 bits per heavy atom. The predicted octanol–water partition coefficient (Wildman–Crippen LogP) is 2.63. The normalized spacial score (nSPS) is 27.7. The van der Waals surface area contributed by atoms with Crippen molar-refractivity contribution in [2.24, 2.45) is 5.92 Å². The van der Waals surface area contributed by atoms with Crippen molar-refractivity contribution >= 4 is 24.2 Å². The molecule has 0 aromatic carbocycles. The average molecular weight is 279 g/mol. The van der Waals surface area contributed by atoms with Gasteiger partial charge < -0.3 is 10.2 Å². The molecule has 2 rings (SSSR count). The Morgan fingerprint density at radius 2 is 2.06 bits per heavy atom. The minimum absolute atomic E-state index is 0. The van der Waals surface area contributed by atoms with E-state index in [4.69, 9.17) is 0 Å². The summed E-state index contributed by atoms with van der Waals surface area (Å²) in [7, 11) is 0. The summed E-state index contributed by atoms with van der Waals surface area (Å²) >= 11 is 2.18. The maximum absolute atomic E-state index is 3.45. The number of thioether (sulfide) groups is 1. The zero-order chi connectivity index (χ0) is 11.2. The van der Waals surface area contributed by atoms with Crippen LogP contribution in [0.2, 0.25) is 0 Å². The molecule has 0 bridgehead atoms. The van der Waals surface area contributed by atoms with Crippen molar-refractivity contribution in [3.8, 4) is 0 Å². The van der Waals surface area contributed by atoms with E-state index in [0.717, 1.165) is 11.2 Å². The zero-order valence-corrected chi connectivity index (χ0v) is 12.6. The fraction of sp³-hybridized carbons (Fsp3) is 1.00. The minimum Gasteiger partial charge on any atom is -0.317 e. The van der Waals surface area contributed by atoms with Gasteiger partial charge in [0.15, 0.2) is 0 Å². The second kappa shape index (κ2) is 8.63. The highest BCUT2D eigenvalue weighted by Gasteiger charge is 2.20. The summed E-state index contributed by atoms with van der Waals surface area (Å²) in [6.45, 7) is 8.84. The number of hydrogen-bond acceptors (Lipinski definition) is 3. The maximum atomic E-state index is 3.45. The molecule has 0 aromatic heterocycles. The lowest BCUT2D eigenvalue weighted by Gasteiger charge is -2.33. The Labute approximate surface area is 117 Å². The third-order valence-electron chi connectivity index (χ3n) is 3.99. The van der Waals surface area contributed by atoms with E-state index < -0.39 is 0 Å². The van der Waals surface area contributed by atoms with Crippen LogP contribution in [0.5, 0.6) is 0 Å². The van der Waals surface area contributed by atoms with E-state index in [-0.39, 0.29) is 12.4 Å². The maximum Gasteiger partial charge on any atom is 0.0172 e. The van der Waals surface area contributed by atoms with Crippen LogP contribution >= 0.6 is 24.2 Å². The number of nitrogens with zero attached hydrogens (tertiary/aromatic N) is 1. The van der Waals surface area contributed by atoms with Gasteiger partial charge in [-0.1, -0.05) is 6.92 Å². The van der Waals surface area contributed by atoms with Crippen LogP contribution in [-0.2, 0) is 0 Å². The Morgan fingerprint density at radius 1 is 1.29 bits per heavy atom. The predicted molar refractivity (Wildman–Crippen MR) is 80.4 cm³/mol. The summed E-state index contributed by atoms with van der Waals surface area (Å²) in [5.74, 6) is 2.35. The lowest BCUT2D eigenvalue weighted by Crippen LogP contribution is -2.39. The summed E-state index contributed by atoms with van der Waals surface area (Å²) in [6, 6.07) is 0. The van der Waals surface area contributed by atoms with E-state index in [1.165, 1.54) is 64.2 Å². The van der Waals surface area contributed by atoms with Crippen LogP contribution in [0, 0.1) is 5.92 Å². The van der Waals surface area contributed by atoms with E-state index in [2.05, 4.69) is 28.9 Å². The van der Waals surface area contributed by atoms with Crippen molar-refractivity contribution in [1.29, 1.82) is 0 Å². The van der Waals surface area contributed by atoms with Crippen LogP contribution in [0.4, 0.5) is 0 Å². The fourth-order valence-corrected chi connectivity index (χ4v) is 4.01. The van der Waals surface area contributed by atoms with Gasteiger partial charge >= 0.3 is 0 Å². The lowest BCUT2D eigenvalue weighted by atomic mass is 9.94. The van der Waals surface area contributed by atoms with Gasteiger partial charge in [0.25, 0.3) is 0 Å². The van der Waals surface area contributed by atoms with Crippen molar-refractivity contribution in [1.82, 2.24) is 10.2 Å². The molecule has 0 spiro atoms. The second-order valence-electron chi connectivity index (χ2n) is 5.18. The van der Waals surface area contributed by atoms with Gasteiger partial charge in [-0.2, -0.15) is 11.8 Å². The van der Waals surface area contributed by atoms with Crippen molar-refractivity contribution in [2.75, 3.05) is 38.5 Å². The van der Waals surface area contributed by atoms with Gasteiger partial charge in [0.05, 0.1) is 0 Å². The van der Waals surface area contributed by atoms with E-state index in [1.807, 2.05) is 0 Å². The van der Waals surface area contributed by atoms with Crippen LogP contribution in [0.25, 0.3) is 0 Å². The number of hydrogen-bond donors (Lipinski definition) is 1. The van der Waals surface area contributed by atoms with E-state index >= 15 is 0 Å². The van der Waals surface area contributed by atoms with Crippen LogP contribution in [-0.4, -0.2) is 48.6 Å². The molecule has 2 heterocycles. The van der Waals surface area contributed by atoms with Crippen LogP contribution in [0.1, 0.15) is 32.6 Å². The van der Waals surface area contributed by atoms with Crippen molar-refractivity contribution in [3.63, 3.8) is 0 Å². The highest BCUT2D eigenvalue weighted by molar-refractivity contribution is 8.00. The van der Waals surface area contributed by atoms with Crippen LogP contribution in [0.15, 0.2) is 0 Å². The van der Waals surface area contributed by atoms with Crippen molar-refractivity contribution < 1.29 is 0 Å². The Hall–Kier alpha value is 0.560. The third kappa shape index (κ3) is 5.37. The largest absolute Gasteiger partial charge is 0.317 e. The van der Waals surface area contributed by atoms with Gasteiger partial charge in [0, 0.05) is 24.1 Å². The molecule has 17 heavy (non-hydrogen) atoms. The SMILES string of the molecule is CCC1CN(CCC2CCNCC2)CCS1.Cl. The molecule has 2 aliphatic heterocycles. The van der Waals surface area contributed by atoms with Crippen molar-refractivity contribution in [3.05, 3.63) is 0 Å². The molecule has 1 atom stereocenters. The first-order valence-corrected chi connectivity index (χ1v) is 7.98.